The number of hydrogen-bond donors (Lipinski definition) is 2. The van der Waals surface area contributed by atoms with Crippen molar-refractivity contribution >= 4 is 5.69 Å². The predicted molar refractivity (Wildman–Crippen MR) is 112 cm³/mol. The van der Waals surface area contributed by atoms with E-state index in [-0.39, 0.29) is 30.1 Å². The van der Waals surface area contributed by atoms with Crippen LogP contribution >= 0.6 is 0 Å². The largest absolute Gasteiger partial charge is 0.502 e. The molecular formula is C24H22N2O4. The molecule has 2 N–H and O–H groups in total. The zero-order valence-electron chi connectivity index (χ0n) is 16.4. The highest BCUT2D eigenvalue weighted by atomic mass is 16.6. The quantitative estimate of drug-likeness (QED) is 0.510. The van der Waals surface area contributed by atoms with Crippen molar-refractivity contribution in [1.29, 1.82) is 0 Å². The number of rotatable bonds is 3. The van der Waals surface area contributed by atoms with E-state index >= 15 is 0 Å². The van der Waals surface area contributed by atoms with E-state index < -0.39 is 4.92 Å². The molecule has 0 amide bonds. The number of aliphatic hydroxyl groups is 1. The van der Waals surface area contributed by atoms with Crippen molar-refractivity contribution in [1.82, 2.24) is 4.90 Å². The average molecular weight is 402 g/mol. The normalized spacial score (nSPS) is 20.2. The van der Waals surface area contributed by atoms with Crippen LogP contribution in [0.1, 0.15) is 45.5 Å². The molecule has 0 spiro atoms. The lowest BCUT2D eigenvalue weighted by Gasteiger charge is -2.47. The van der Waals surface area contributed by atoms with Crippen molar-refractivity contribution in [2.45, 2.75) is 31.5 Å². The molecule has 0 aliphatic carbocycles. The van der Waals surface area contributed by atoms with Gasteiger partial charge in [-0.1, -0.05) is 48.5 Å². The van der Waals surface area contributed by atoms with Gasteiger partial charge in [0.2, 0.25) is 0 Å². The second-order valence-corrected chi connectivity index (χ2v) is 8.01. The van der Waals surface area contributed by atoms with E-state index in [1.165, 1.54) is 11.1 Å². The molecule has 6 heteroatoms. The molecule has 0 radical (unpaired) electrons. The maximum absolute atomic E-state index is 11.5. The lowest BCUT2D eigenvalue weighted by atomic mass is 9.78. The Morgan fingerprint density at radius 1 is 1.03 bits per heavy atom. The predicted octanol–water partition coefficient (Wildman–Crippen LogP) is 4.04. The summed E-state index contributed by atoms with van der Waals surface area (Å²) in [6.07, 6.45) is 1.54. The van der Waals surface area contributed by atoms with Crippen LogP contribution in [0.2, 0.25) is 0 Å². The lowest BCUT2D eigenvalue weighted by molar-refractivity contribution is -0.386. The van der Waals surface area contributed by atoms with Crippen LogP contribution in [0.4, 0.5) is 5.69 Å². The number of nitro groups is 1. The SMILES string of the molecule is O=[N+]([O-])c1cc2c(cc1O)C[C@H]1c3ccc(CO)cc3CCN1C2c1ccccc1. The summed E-state index contributed by atoms with van der Waals surface area (Å²) in [6, 6.07) is 19.3. The van der Waals surface area contributed by atoms with Crippen molar-refractivity contribution in [2.24, 2.45) is 0 Å². The Morgan fingerprint density at radius 2 is 1.83 bits per heavy atom. The maximum atomic E-state index is 11.5. The van der Waals surface area contributed by atoms with Crippen molar-refractivity contribution < 1.29 is 15.1 Å². The second kappa shape index (κ2) is 7.23. The molecule has 0 fully saturated rings. The van der Waals surface area contributed by atoms with E-state index in [0.29, 0.717) is 6.42 Å². The highest BCUT2D eigenvalue weighted by molar-refractivity contribution is 5.56. The molecule has 2 aliphatic rings. The molecule has 6 nitrogen and oxygen atoms in total. The molecule has 2 aliphatic heterocycles. The average Bonchev–Trinajstić information content (AvgIpc) is 2.77. The lowest BCUT2D eigenvalue weighted by Crippen LogP contribution is -2.43. The van der Waals surface area contributed by atoms with Crippen LogP contribution in [0.3, 0.4) is 0 Å². The van der Waals surface area contributed by atoms with Gasteiger partial charge in [0.15, 0.2) is 5.75 Å². The summed E-state index contributed by atoms with van der Waals surface area (Å²) >= 11 is 0. The Bertz CT molecular complexity index is 1130. The highest BCUT2D eigenvalue weighted by Crippen LogP contribution is 2.48. The van der Waals surface area contributed by atoms with Gasteiger partial charge in [0.1, 0.15) is 0 Å². The van der Waals surface area contributed by atoms with Gasteiger partial charge in [0, 0.05) is 18.7 Å². The first kappa shape index (κ1) is 18.8. The maximum Gasteiger partial charge on any atom is 0.311 e. The Morgan fingerprint density at radius 3 is 2.57 bits per heavy atom. The number of hydrogen-bond acceptors (Lipinski definition) is 5. The zero-order valence-corrected chi connectivity index (χ0v) is 16.4. The fourth-order valence-electron chi connectivity index (χ4n) is 5.03. The number of nitrogens with zero attached hydrogens (tertiary/aromatic N) is 2. The first-order valence-corrected chi connectivity index (χ1v) is 10.1. The molecule has 0 saturated heterocycles. The van der Waals surface area contributed by atoms with Crippen LogP contribution in [-0.4, -0.2) is 26.6 Å². The molecule has 3 aromatic carbocycles. The Hall–Kier alpha value is -3.22. The fourth-order valence-corrected chi connectivity index (χ4v) is 5.03. The van der Waals surface area contributed by atoms with E-state index in [4.69, 9.17) is 0 Å². The van der Waals surface area contributed by atoms with Gasteiger partial charge in [-0.2, -0.15) is 0 Å². The molecular weight excluding hydrogens is 380 g/mol. The second-order valence-electron chi connectivity index (χ2n) is 8.01. The number of fused-ring (bicyclic) bond motifs is 4. The summed E-state index contributed by atoms with van der Waals surface area (Å²) < 4.78 is 0. The summed E-state index contributed by atoms with van der Waals surface area (Å²) in [5.74, 6) is -0.286. The molecule has 5 rings (SSSR count). The number of benzene rings is 3. The minimum absolute atomic E-state index is 0.0225. The fraction of sp³-hybridized carbons (Fsp3) is 0.250. The van der Waals surface area contributed by atoms with Crippen LogP contribution in [-0.2, 0) is 19.4 Å². The molecule has 0 saturated carbocycles. The van der Waals surface area contributed by atoms with Crippen LogP contribution in [0.15, 0.2) is 60.7 Å². The van der Waals surface area contributed by atoms with Crippen molar-refractivity contribution in [3.8, 4) is 5.75 Å². The van der Waals surface area contributed by atoms with E-state index in [9.17, 15) is 20.3 Å². The molecule has 152 valence electrons. The van der Waals surface area contributed by atoms with Crippen molar-refractivity contribution in [3.05, 3.63) is 104 Å². The third-order valence-electron chi connectivity index (χ3n) is 6.38. The molecule has 2 atom stereocenters. The van der Waals surface area contributed by atoms with Gasteiger partial charge >= 0.3 is 5.69 Å². The Kier molecular flexibility index (Phi) is 4.53. The number of nitro benzene ring substituents is 1. The molecule has 3 aromatic rings. The van der Waals surface area contributed by atoms with Gasteiger partial charge in [0.25, 0.3) is 0 Å². The third kappa shape index (κ3) is 2.96. The highest BCUT2D eigenvalue weighted by Gasteiger charge is 2.40. The third-order valence-corrected chi connectivity index (χ3v) is 6.38. The monoisotopic (exact) mass is 402 g/mol. The van der Waals surface area contributed by atoms with Gasteiger partial charge in [-0.25, -0.2) is 0 Å². The number of aromatic hydroxyl groups is 1. The van der Waals surface area contributed by atoms with Crippen molar-refractivity contribution in [3.63, 3.8) is 0 Å². The Labute approximate surface area is 174 Å². The zero-order chi connectivity index (χ0) is 20.8. The van der Waals surface area contributed by atoms with E-state index in [1.807, 2.05) is 24.3 Å². The van der Waals surface area contributed by atoms with Crippen LogP contribution in [0.25, 0.3) is 0 Å². The van der Waals surface area contributed by atoms with E-state index in [2.05, 4.69) is 29.2 Å². The standard InChI is InChI=1S/C24H22N2O4/c27-14-15-6-7-19-17(10-15)8-9-25-21(19)11-18-12-23(28)22(26(29)30)13-20(18)24(25)16-4-2-1-3-5-16/h1-7,10,12-13,21,24,27-28H,8-9,11,14H2/t21-,24?/m0/s1. The number of phenols is 1. The first-order chi connectivity index (χ1) is 14.6. The van der Waals surface area contributed by atoms with Crippen molar-refractivity contribution in [2.75, 3.05) is 6.54 Å². The van der Waals surface area contributed by atoms with Crippen LogP contribution in [0, 0.1) is 10.1 Å². The molecule has 30 heavy (non-hydrogen) atoms. The molecule has 1 unspecified atom stereocenters. The van der Waals surface area contributed by atoms with E-state index in [1.54, 1.807) is 12.1 Å². The number of aliphatic hydroxyl groups excluding tert-OH is 1. The van der Waals surface area contributed by atoms with Gasteiger partial charge in [-0.05, 0) is 52.3 Å². The Balaban J connectivity index is 1.69. The minimum Gasteiger partial charge on any atom is -0.502 e. The molecule has 0 bridgehead atoms. The summed E-state index contributed by atoms with van der Waals surface area (Å²) in [7, 11) is 0. The molecule has 0 aromatic heterocycles. The minimum atomic E-state index is -0.522. The summed E-state index contributed by atoms with van der Waals surface area (Å²) in [4.78, 5) is 13.4. The number of phenolic OH excluding ortho intramolecular Hbond substituents is 1. The smallest absolute Gasteiger partial charge is 0.311 e. The summed E-state index contributed by atoms with van der Waals surface area (Å²) in [5.41, 5.74) is 6.03. The van der Waals surface area contributed by atoms with Gasteiger partial charge in [0.05, 0.1) is 17.6 Å². The first-order valence-electron chi connectivity index (χ1n) is 10.1. The van der Waals surface area contributed by atoms with E-state index in [0.717, 1.165) is 35.2 Å². The molecule has 2 heterocycles. The summed E-state index contributed by atoms with van der Waals surface area (Å²) in [5, 5.41) is 31.2. The van der Waals surface area contributed by atoms with Gasteiger partial charge in [-0.3, -0.25) is 15.0 Å². The van der Waals surface area contributed by atoms with Gasteiger partial charge < -0.3 is 10.2 Å². The summed E-state index contributed by atoms with van der Waals surface area (Å²) in [6.45, 7) is 0.842. The van der Waals surface area contributed by atoms with Crippen LogP contribution < -0.4 is 0 Å². The topological polar surface area (TPSA) is 86.8 Å². The van der Waals surface area contributed by atoms with Crippen LogP contribution in [0.5, 0.6) is 5.75 Å². The van der Waals surface area contributed by atoms with Gasteiger partial charge in [-0.15, -0.1) is 0 Å².